The number of hydrogen-bond acceptors (Lipinski definition) is 6. The molecule has 3 aromatic rings. The van der Waals surface area contributed by atoms with E-state index in [0.717, 1.165) is 16.8 Å². The first-order valence-electron chi connectivity index (χ1n) is 7.90. The van der Waals surface area contributed by atoms with Gasteiger partial charge in [-0.1, -0.05) is 30.0 Å². The number of nitrogens with zero attached hydrogens (tertiary/aromatic N) is 5. The van der Waals surface area contributed by atoms with Crippen LogP contribution in [0.3, 0.4) is 0 Å². The Morgan fingerprint density at radius 1 is 1.15 bits per heavy atom. The van der Waals surface area contributed by atoms with Crippen LogP contribution in [0.25, 0.3) is 5.69 Å². The predicted molar refractivity (Wildman–Crippen MR) is 97.2 cm³/mol. The lowest BCUT2D eigenvalue weighted by Gasteiger charge is -2.10. The molecule has 0 bridgehead atoms. The van der Waals surface area contributed by atoms with Crippen molar-refractivity contribution in [2.24, 2.45) is 7.05 Å². The van der Waals surface area contributed by atoms with E-state index < -0.39 is 11.8 Å². The van der Waals surface area contributed by atoms with Gasteiger partial charge in [-0.25, -0.2) is 0 Å². The minimum atomic E-state index is -0.433. The lowest BCUT2D eigenvalue weighted by Crippen LogP contribution is -2.33. The summed E-state index contributed by atoms with van der Waals surface area (Å²) in [6, 6.07) is 9.31. The van der Waals surface area contributed by atoms with Gasteiger partial charge in [-0.15, -0.1) is 5.10 Å². The molecule has 0 aliphatic carbocycles. The van der Waals surface area contributed by atoms with Gasteiger partial charge in [-0.3, -0.25) is 14.9 Å². The summed E-state index contributed by atoms with van der Waals surface area (Å²) in [5.74, 6) is -0.809. The van der Waals surface area contributed by atoms with Crippen LogP contribution in [0.2, 0.25) is 0 Å². The van der Waals surface area contributed by atoms with Gasteiger partial charge in [0, 0.05) is 13.2 Å². The normalized spacial score (nSPS) is 10.7. The summed E-state index contributed by atoms with van der Waals surface area (Å²) in [6.45, 7) is 3.95. The van der Waals surface area contributed by atoms with Gasteiger partial charge in [-0.2, -0.15) is 4.68 Å². The van der Waals surface area contributed by atoms with E-state index in [9.17, 15) is 9.59 Å². The van der Waals surface area contributed by atoms with Gasteiger partial charge < -0.3 is 4.57 Å². The highest BCUT2D eigenvalue weighted by Crippen LogP contribution is 2.23. The molecule has 8 nitrogen and oxygen atoms in total. The number of imide groups is 1. The van der Waals surface area contributed by atoms with E-state index in [-0.39, 0.29) is 5.75 Å². The Hall–Kier alpha value is -2.94. The number of tetrazole rings is 1. The van der Waals surface area contributed by atoms with E-state index in [1.54, 1.807) is 34.6 Å². The van der Waals surface area contributed by atoms with Gasteiger partial charge >= 0.3 is 0 Å². The molecule has 9 heteroatoms. The number of aromatic nitrogens is 5. The van der Waals surface area contributed by atoms with Crippen LogP contribution >= 0.6 is 11.8 Å². The summed E-state index contributed by atoms with van der Waals surface area (Å²) in [7, 11) is 1.74. The fraction of sp³-hybridized carbons (Fsp3) is 0.235. The first-order chi connectivity index (χ1) is 12.5. The first-order valence-corrected chi connectivity index (χ1v) is 8.89. The second kappa shape index (κ2) is 7.52. The highest BCUT2D eigenvalue weighted by atomic mass is 32.2. The second-order valence-corrected chi connectivity index (χ2v) is 6.73. The molecule has 1 aromatic carbocycles. The Kier molecular flexibility index (Phi) is 5.17. The van der Waals surface area contributed by atoms with E-state index in [0.29, 0.717) is 10.9 Å². The summed E-state index contributed by atoms with van der Waals surface area (Å²) in [5, 5.41) is 14.6. The number of hydrogen-bond donors (Lipinski definition) is 1. The molecule has 1 N–H and O–H groups in total. The number of benzene rings is 1. The Morgan fingerprint density at radius 2 is 1.88 bits per heavy atom. The van der Waals surface area contributed by atoms with Crippen molar-refractivity contribution in [1.29, 1.82) is 0 Å². The molecule has 0 saturated carbocycles. The van der Waals surface area contributed by atoms with E-state index in [2.05, 4.69) is 20.8 Å². The molecule has 2 amide bonds. The number of amides is 2. The fourth-order valence-electron chi connectivity index (χ4n) is 2.60. The number of carbonyl (C=O) groups is 2. The third kappa shape index (κ3) is 3.67. The number of nitrogens with one attached hydrogen (secondary N) is 1. The molecule has 2 heterocycles. The largest absolute Gasteiger partial charge is 0.347 e. The van der Waals surface area contributed by atoms with Crippen molar-refractivity contribution in [2.45, 2.75) is 19.0 Å². The average molecular weight is 370 g/mol. The SMILES string of the molecule is Cc1cccc(C)c1-n1nnnc1SCC(=O)NC(=O)c1cccn1C. The van der Waals surface area contributed by atoms with Crippen LogP contribution in [0.4, 0.5) is 0 Å². The third-order valence-electron chi connectivity index (χ3n) is 3.85. The molecule has 0 fully saturated rings. The average Bonchev–Trinajstić information content (AvgIpc) is 3.22. The van der Waals surface area contributed by atoms with Crippen LogP contribution in [0.5, 0.6) is 0 Å². The van der Waals surface area contributed by atoms with Gasteiger partial charge in [0.05, 0.1) is 11.4 Å². The monoisotopic (exact) mass is 370 g/mol. The second-order valence-electron chi connectivity index (χ2n) is 5.78. The zero-order chi connectivity index (χ0) is 18.7. The van der Waals surface area contributed by atoms with Gasteiger partial charge in [0.2, 0.25) is 11.1 Å². The maximum atomic E-state index is 12.1. The van der Waals surface area contributed by atoms with Crippen molar-refractivity contribution in [3.63, 3.8) is 0 Å². The molecule has 0 radical (unpaired) electrons. The molecule has 3 rings (SSSR count). The van der Waals surface area contributed by atoms with Gasteiger partial charge in [-0.05, 0) is 47.5 Å². The Morgan fingerprint density at radius 3 is 2.54 bits per heavy atom. The van der Waals surface area contributed by atoms with Crippen LogP contribution in [0.15, 0.2) is 41.7 Å². The molecule has 2 aromatic heterocycles. The third-order valence-corrected chi connectivity index (χ3v) is 4.77. The van der Waals surface area contributed by atoms with Crippen LogP contribution in [-0.4, -0.2) is 42.3 Å². The van der Waals surface area contributed by atoms with Crippen molar-refractivity contribution < 1.29 is 9.59 Å². The van der Waals surface area contributed by atoms with Crippen molar-refractivity contribution in [3.05, 3.63) is 53.3 Å². The molecule has 0 unspecified atom stereocenters. The Balaban J connectivity index is 1.68. The van der Waals surface area contributed by atoms with E-state index in [1.165, 1.54) is 11.8 Å². The smallest absolute Gasteiger partial charge is 0.274 e. The zero-order valence-corrected chi connectivity index (χ0v) is 15.4. The van der Waals surface area contributed by atoms with Crippen molar-refractivity contribution in [2.75, 3.05) is 5.75 Å². The predicted octanol–water partition coefficient (Wildman–Crippen LogP) is 1.67. The molecule has 26 heavy (non-hydrogen) atoms. The van der Waals surface area contributed by atoms with E-state index in [4.69, 9.17) is 0 Å². The van der Waals surface area contributed by atoms with Crippen molar-refractivity contribution >= 4 is 23.6 Å². The summed E-state index contributed by atoms with van der Waals surface area (Å²) in [6.07, 6.45) is 1.74. The minimum Gasteiger partial charge on any atom is -0.347 e. The molecule has 0 aliphatic rings. The highest BCUT2D eigenvalue weighted by molar-refractivity contribution is 7.99. The lowest BCUT2D eigenvalue weighted by atomic mass is 10.1. The molecular weight excluding hydrogens is 352 g/mol. The number of rotatable bonds is 5. The maximum Gasteiger partial charge on any atom is 0.274 e. The molecule has 0 aliphatic heterocycles. The zero-order valence-electron chi connectivity index (χ0n) is 14.6. The van der Waals surface area contributed by atoms with Gasteiger partial charge in [0.1, 0.15) is 5.69 Å². The number of para-hydroxylation sites is 1. The lowest BCUT2D eigenvalue weighted by molar-refractivity contribution is -0.117. The standard InChI is InChI=1S/C17H18N6O2S/c1-11-6-4-7-12(2)15(11)23-17(19-20-21-23)26-10-14(24)18-16(25)13-8-5-9-22(13)3/h4-9H,10H2,1-3H3,(H,18,24,25). The van der Waals surface area contributed by atoms with Gasteiger partial charge in [0.15, 0.2) is 0 Å². The Bertz CT molecular complexity index is 942. The maximum absolute atomic E-state index is 12.1. The molecule has 0 atom stereocenters. The van der Waals surface area contributed by atoms with Crippen LogP contribution < -0.4 is 5.32 Å². The van der Waals surface area contributed by atoms with Crippen molar-refractivity contribution in [1.82, 2.24) is 30.1 Å². The molecule has 0 saturated heterocycles. The quantitative estimate of drug-likeness (QED) is 0.687. The topological polar surface area (TPSA) is 94.7 Å². The minimum absolute atomic E-state index is 0.0292. The Labute approximate surface area is 154 Å². The van der Waals surface area contributed by atoms with Crippen LogP contribution in [0, 0.1) is 13.8 Å². The van der Waals surface area contributed by atoms with Crippen molar-refractivity contribution in [3.8, 4) is 5.69 Å². The molecule has 134 valence electrons. The van der Waals surface area contributed by atoms with E-state index >= 15 is 0 Å². The molecule has 0 spiro atoms. The summed E-state index contributed by atoms with van der Waals surface area (Å²) < 4.78 is 3.26. The van der Waals surface area contributed by atoms with Crippen LogP contribution in [-0.2, 0) is 11.8 Å². The fourth-order valence-corrected chi connectivity index (χ4v) is 3.28. The highest BCUT2D eigenvalue weighted by Gasteiger charge is 2.17. The number of aryl methyl sites for hydroxylation is 3. The number of carbonyl (C=O) groups excluding carboxylic acids is 2. The van der Waals surface area contributed by atoms with Gasteiger partial charge in [0.25, 0.3) is 5.91 Å². The van der Waals surface area contributed by atoms with E-state index in [1.807, 2.05) is 32.0 Å². The number of thioether (sulfide) groups is 1. The first kappa shape index (κ1) is 17.9. The summed E-state index contributed by atoms with van der Waals surface area (Å²) in [4.78, 5) is 24.2. The van der Waals surface area contributed by atoms with Crippen LogP contribution in [0.1, 0.15) is 21.6 Å². The summed E-state index contributed by atoms with van der Waals surface area (Å²) in [5.41, 5.74) is 3.37. The summed E-state index contributed by atoms with van der Waals surface area (Å²) >= 11 is 1.17. The molecular formula is C17H18N6O2S.